The highest BCUT2D eigenvalue weighted by molar-refractivity contribution is 5.10. The van der Waals surface area contributed by atoms with Crippen molar-refractivity contribution in [2.45, 2.75) is 51.1 Å². The topological polar surface area (TPSA) is 42.3 Å². The second kappa shape index (κ2) is 6.69. The second-order valence-corrected chi connectivity index (χ2v) is 6.22. The third kappa shape index (κ3) is 3.47. The monoisotopic (exact) mass is 264 g/mol. The zero-order chi connectivity index (χ0) is 13.7. The largest absolute Gasteiger partial charge is 0.315 e. The van der Waals surface area contributed by atoms with Crippen LogP contribution in [0.2, 0.25) is 0 Å². The quantitative estimate of drug-likeness (QED) is 0.819. The van der Waals surface area contributed by atoms with E-state index in [9.17, 15) is 5.26 Å². The Morgan fingerprint density at radius 3 is 2.63 bits per heavy atom. The fourth-order valence-electron chi connectivity index (χ4n) is 3.43. The molecule has 0 aromatic heterocycles. The summed E-state index contributed by atoms with van der Waals surface area (Å²) < 4.78 is 0. The van der Waals surface area contributed by atoms with E-state index in [1.54, 1.807) is 0 Å². The minimum absolute atomic E-state index is 0.213. The Hall–Kier alpha value is -0.630. The number of nitrogens with one attached hydrogen (secondary N) is 1. The van der Waals surface area contributed by atoms with Crippen LogP contribution in [0.1, 0.15) is 39.5 Å². The van der Waals surface area contributed by atoms with E-state index in [2.05, 4.69) is 35.0 Å². The van der Waals surface area contributed by atoms with Crippen LogP contribution >= 0.6 is 0 Å². The molecular weight excluding hydrogens is 236 g/mol. The van der Waals surface area contributed by atoms with Crippen molar-refractivity contribution in [1.82, 2.24) is 15.1 Å². The molecule has 0 aliphatic carbocycles. The van der Waals surface area contributed by atoms with Crippen LogP contribution in [-0.4, -0.2) is 60.6 Å². The minimum atomic E-state index is -0.213. The molecule has 1 N–H and O–H groups in total. The van der Waals surface area contributed by atoms with Gasteiger partial charge in [-0.25, -0.2) is 0 Å². The van der Waals surface area contributed by atoms with Crippen molar-refractivity contribution in [3.05, 3.63) is 0 Å². The van der Waals surface area contributed by atoms with Crippen molar-refractivity contribution >= 4 is 0 Å². The van der Waals surface area contributed by atoms with Gasteiger partial charge in [0.2, 0.25) is 0 Å². The number of hydrogen-bond donors (Lipinski definition) is 1. The van der Waals surface area contributed by atoms with Crippen molar-refractivity contribution in [3.63, 3.8) is 0 Å². The second-order valence-electron chi connectivity index (χ2n) is 6.22. The summed E-state index contributed by atoms with van der Waals surface area (Å²) >= 11 is 0. The Balaban J connectivity index is 2.07. The zero-order valence-electron chi connectivity index (χ0n) is 12.5. The summed E-state index contributed by atoms with van der Waals surface area (Å²) in [5.74, 6) is 0. The van der Waals surface area contributed by atoms with Crippen molar-refractivity contribution in [3.8, 4) is 6.07 Å². The first-order valence-electron chi connectivity index (χ1n) is 7.79. The highest BCUT2D eigenvalue weighted by atomic mass is 15.2. The number of rotatable bonds is 2. The van der Waals surface area contributed by atoms with Crippen LogP contribution in [0.25, 0.3) is 0 Å². The van der Waals surface area contributed by atoms with Crippen LogP contribution in [0.15, 0.2) is 0 Å². The maximum absolute atomic E-state index is 9.80. The lowest BCUT2D eigenvalue weighted by atomic mass is 9.89. The van der Waals surface area contributed by atoms with Crippen LogP contribution in [0.3, 0.4) is 0 Å². The molecule has 2 aliphatic heterocycles. The molecule has 0 amide bonds. The number of nitriles is 1. The standard InChI is InChI=1S/C15H28N4/c1-14(2)18-9-3-5-15(13-16,6-11-18)19-10-4-7-17-8-12-19/h14,17H,3-12H2,1-2H3. The fourth-order valence-corrected chi connectivity index (χ4v) is 3.43. The van der Waals surface area contributed by atoms with Crippen molar-refractivity contribution < 1.29 is 0 Å². The van der Waals surface area contributed by atoms with Gasteiger partial charge >= 0.3 is 0 Å². The number of hydrogen-bond acceptors (Lipinski definition) is 4. The van der Waals surface area contributed by atoms with E-state index in [-0.39, 0.29) is 5.54 Å². The zero-order valence-corrected chi connectivity index (χ0v) is 12.5. The average molecular weight is 264 g/mol. The summed E-state index contributed by atoms with van der Waals surface area (Å²) in [5.41, 5.74) is -0.213. The SMILES string of the molecule is CC(C)N1CCCC(C#N)(N2CCCNCC2)CC1. The van der Waals surface area contributed by atoms with Crippen molar-refractivity contribution in [1.29, 1.82) is 5.26 Å². The molecule has 0 radical (unpaired) electrons. The van der Waals surface area contributed by atoms with E-state index in [1.807, 2.05) is 0 Å². The summed E-state index contributed by atoms with van der Waals surface area (Å²) in [6, 6.07) is 3.28. The highest BCUT2D eigenvalue weighted by Crippen LogP contribution is 2.29. The molecule has 108 valence electrons. The van der Waals surface area contributed by atoms with Gasteiger partial charge in [-0.1, -0.05) is 0 Å². The van der Waals surface area contributed by atoms with Crippen LogP contribution in [0.5, 0.6) is 0 Å². The number of nitrogens with zero attached hydrogens (tertiary/aromatic N) is 3. The molecule has 0 saturated carbocycles. The maximum atomic E-state index is 9.80. The fraction of sp³-hybridized carbons (Fsp3) is 0.933. The van der Waals surface area contributed by atoms with Gasteiger partial charge in [0.15, 0.2) is 0 Å². The summed E-state index contributed by atoms with van der Waals surface area (Å²) in [7, 11) is 0. The molecule has 0 aromatic rings. The van der Waals surface area contributed by atoms with E-state index in [0.29, 0.717) is 6.04 Å². The third-order valence-electron chi connectivity index (χ3n) is 4.73. The minimum Gasteiger partial charge on any atom is -0.315 e. The Kier molecular flexibility index (Phi) is 5.20. The molecule has 19 heavy (non-hydrogen) atoms. The predicted octanol–water partition coefficient (Wildman–Crippen LogP) is 1.44. The lowest BCUT2D eigenvalue weighted by Gasteiger charge is -2.37. The van der Waals surface area contributed by atoms with Crippen LogP contribution < -0.4 is 5.32 Å². The normalized spacial score (nSPS) is 31.7. The van der Waals surface area contributed by atoms with Gasteiger partial charge in [-0.3, -0.25) is 4.90 Å². The molecule has 0 aromatic carbocycles. The smallest absolute Gasteiger partial charge is 0.110 e. The molecule has 2 saturated heterocycles. The Labute approximate surface area is 117 Å². The lowest BCUT2D eigenvalue weighted by molar-refractivity contribution is 0.125. The van der Waals surface area contributed by atoms with E-state index in [4.69, 9.17) is 0 Å². The van der Waals surface area contributed by atoms with E-state index in [0.717, 1.165) is 65.0 Å². The molecule has 2 rings (SSSR count). The first kappa shape index (κ1) is 14.8. The summed E-state index contributed by atoms with van der Waals surface area (Å²) in [6.07, 6.45) is 4.35. The molecule has 2 fully saturated rings. The first-order chi connectivity index (χ1) is 9.18. The molecule has 1 unspecified atom stereocenters. The molecule has 0 bridgehead atoms. The molecule has 4 nitrogen and oxygen atoms in total. The van der Waals surface area contributed by atoms with Crippen molar-refractivity contribution in [2.75, 3.05) is 39.3 Å². The van der Waals surface area contributed by atoms with Crippen molar-refractivity contribution in [2.24, 2.45) is 0 Å². The summed E-state index contributed by atoms with van der Waals surface area (Å²) in [6.45, 7) is 10.9. The number of likely N-dealkylation sites (tertiary alicyclic amines) is 1. The van der Waals surface area contributed by atoms with E-state index < -0.39 is 0 Å². The van der Waals surface area contributed by atoms with Crippen LogP contribution in [-0.2, 0) is 0 Å². The first-order valence-corrected chi connectivity index (χ1v) is 7.79. The van der Waals surface area contributed by atoms with Gasteiger partial charge in [0, 0.05) is 32.2 Å². The van der Waals surface area contributed by atoms with Gasteiger partial charge in [0.25, 0.3) is 0 Å². The van der Waals surface area contributed by atoms with Crippen LogP contribution in [0.4, 0.5) is 0 Å². The third-order valence-corrected chi connectivity index (χ3v) is 4.73. The lowest BCUT2D eigenvalue weighted by Crippen LogP contribution is -2.49. The summed E-state index contributed by atoms with van der Waals surface area (Å²) in [4.78, 5) is 4.98. The molecule has 1 atom stereocenters. The molecular formula is C15H28N4. The highest BCUT2D eigenvalue weighted by Gasteiger charge is 2.38. The Morgan fingerprint density at radius 2 is 1.89 bits per heavy atom. The van der Waals surface area contributed by atoms with Crippen LogP contribution in [0, 0.1) is 11.3 Å². The Morgan fingerprint density at radius 1 is 1.05 bits per heavy atom. The van der Waals surface area contributed by atoms with E-state index >= 15 is 0 Å². The molecule has 2 heterocycles. The molecule has 0 spiro atoms. The summed E-state index contributed by atoms with van der Waals surface area (Å²) in [5, 5.41) is 13.2. The van der Waals surface area contributed by atoms with E-state index in [1.165, 1.54) is 0 Å². The van der Waals surface area contributed by atoms with Gasteiger partial charge < -0.3 is 10.2 Å². The van der Waals surface area contributed by atoms with Gasteiger partial charge in [-0.15, -0.1) is 0 Å². The molecule has 4 heteroatoms. The van der Waals surface area contributed by atoms with Gasteiger partial charge in [0.1, 0.15) is 5.54 Å². The molecule has 2 aliphatic rings. The van der Waals surface area contributed by atoms with Gasteiger partial charge in [0.05, 0.1) is 6.07 Å². The Bertz CT molecular complexity index is 315. The average Bonchev–Trinajstić information content (AvgIpc) is 2.80. The predicted molar refractivity (Wildman–Crippen MR) is 78.0 cm³/mol. The van der Waals surface area contributed by atoms with Gasteiger partial charge in [-0.2, -0.15) is 5.26 Å². The maximum Gasteiger partial charge on any atom is 0.110 e. The van der Waals surface area contributed by atoms with Gasteiger partial charge in [-0.05, 0) is 52.6 Å².